The van der Waals surface area contributed by atoms with Crippen molar-refractivity contribution in [1.29, 1.82) is 0 Å². The summed E-state index contributed by atoms with van der Waals surface area (Å²) in [6.07, 6.45) is 2.67. The fraction of sp³-hybridized carbons (Fsp3) is 0.357. The van der Waals surface area contributed by atoms with Gasteiger partial charge in [0.2, 0.25) is 0 Å². The van der Waals surface area contributed by atoms with E-state index in [9.17, 15) is 18.7 Å². The van der Waals surface area contributed by atoms with Gasteiger partial charge < -0.3 is 5.11 Å². The second-order valence-corrected chi connectivity index (χ2v) is 4.59. The van der Waals surface area contributed by atoms with E-state index in [1.807, 2.05) is 6.92 Å². The van der Waals surface area contributed by atoms with E-state index >= 15 is 0 Å². The van der Waals surface area contributed by atoms with Gasteiger partial charge in [0, 0.05) is 24.5 Å². The molecule has 0 fully saturated rings. The molecule has 4 nitrogen and oxygen atoms in total. The summed E-state index contributed by atoms with van der Waals surface area (Å²) >= 11 is 0. The van der Waals surface area contributed by atoms with Crippen molar-refractivity contribution in [3.63, 3.8) is 0 Å². The summed E-state index contributed by atoms with van der Waals surface area (Å²) in [6.45, 7) is 2.41. The first-order chi connectivity index (χ1) is 9.54. The van der Waals surface area contributed by atoms with Gasteiger partial charge in [-0.05, 0) is 12.5 Å². The number of aryl methyl sites for hydroxylation is 1. The molecule has 20 heavy (non-hydrogen) atoms. The smallest absolute Gasteiger partial charge is 0.328 e. The van der Waals surface area contributed by atoms with E-state index in [4.69, 9.17) is 0 Å². The number of imidazole rings is 1. The average Bonchev–Trinajstić information content (AvgIpc) is 2.75. The molecule has 0 spiro atoms. The SMILES string of the molecule is CCCn1ccn(CC(O)c2cccc(F)c2F)c1=O. The lowest BCUT2D eigenvalue weighted by Crippen LogP contribution is -2.26. The standard InChI is InChI=1S/C14H16F2N2O2/c1-2-6-17-7-8-18(14(17)20)9-12(19)10-4-3-5-11(15)13(10)16/h3-5,7-8,12,19H,2,6,9H2,1H3. The Morgan fingerprint density at radius 2 is 1.95 bits per heavy atom. The zero-order chi connectivity index (χ0) is 14.7. The molecule has 0 amide bonds. The predicted octanol–water partition coefficient (Wildman–Crippen LogP) is 2.07. The largest absolute Gasteiger partial charge is 0.386 e. The molecule has 1 heterocycles. The fourth-order valence-electron chi connectivity index (χ4n) is 2.07. The minimum Gasteiger partial charge on any atom is -0.386 e. The van der Waals surface area contributed by atoms with E-state index in [2.05, 4.69) is 0 Å². The van der Waals surface area contributed by atoms with E-state index in [0.29, 0.717) is 6.54 Å². The number of aromatic nitrogens is 2. The minimum absolute atomic E-state index is 0.115. The molecule has 1 unspecified atom stereocenters. The zero-order valence-corrected chi connectivity index (χ0v) is 11.1. The molecule has 0 saturated carbocycles. The van der Waals surface area contributed by atoms with E-state index in [1.54, 1.807) is 6.20 Å². The Morgan fingerprint density at radius 3 is 2.65 bits per heavy atom. The van der Waals surface area contributed by atoms with Crippen LogP contribution in [0.5, 0.6) is 0 Å². The van der Waals surface area contributed by atoms with Crippen LogP contribution < -0.4 is 5.69 Å². The lowest BCUT2D eigenvalue weighted by Gasteiger charge is -2.12. The average molecular weight is 282 g/mol. The molecule has 108 valence electrons. The molecule has 2 rings (SSSR count). The number of halogens is 2. The summed E-state index contributed by atoms with van der Waals surface area (Å²) in [5.41, 5.74) is -0.428. The Balaban J connectivity index is 2.21. The third kappa shape index (κ3) is 2.80. The summed E-state index contributed by atoms with van der Waals surface area (Å²) in [5.74, 6) is -2.10. The van der Waals surface area contributed by atoms with Gasteiger partial charge in [0.25, 0.3) is 0 Å². The molecule has 0 aliphatic rings. The number of hydrogen-bond donors (Lipinski definition) is 1. The van der Waals surface area contributed by atoms with Crippen LogP contribution in [0.3, 0.4) is 0 Å². The molecule has 0 saturated heterocycles. The van der Waals surface area contributed by atoms with E-state index in [-0.39, 0.29) is 17.8 Å². The molecule has 0 bridgehead atoms. The van der Waals surface area contributed by atoms with Crippen molar-refractivity contribution in [2.75, 3.05) is 0 Å². The van der Waals surface area contributed by atoms with E-state index in [1.165, 1.54) is 27.5 Å². The molecule has 1 N–H and O–H groups in total. The highest BCUT2D eigenvalue weighted by atomic mass is 19.2. The van der Waals surface area contributed by atoms with Crippen LogP contribution in [-0.4, -0.2) is 14.2 Å². The van der Waals surface area contributed by atoms with Gasteiger partial charge in [-0.25, -0.2) is 13.6 Å². The highest BCUT2D eigenvalue weighted by molar-refractivity contribution is 5.21. The molecule has 2 aromatic rings. The van der Waals surface area contributed by atoms with Gasteiger partial charge >= 0.3 is 5.69 Å². The van der Waals surface area contributed by atoms with Gasteiger partial charge in [0.15, 0.2) is 11.6 Å². The first kappa shape index (κ1) is 14.5. The van der Waals surface area contributed by atoms with Gasteiger partial charge in [-0.15, -0.1) is 0 Å². The fourth-order valence-corrected chi connectivity index (χ4v) is 2.07. The third-order valence-electron chi connectivity index (χ3n) is 3.09. The summed E-state index contributed by atoms with van der Waals surface area (Å²) in [6, 6.07) is 3.61. The van der Waals surface area contributed by atoms with Gasteiger partial charge in [0.05, 0.1) is 12.6 Å². The lowest BCUT2D eigenvalue weighted by atomic mass is 10.1. The zero-order valence-electron chi connectivity index (χ0n) is 11.1. The van der Waals surface area contributed by atoms with Crippen LogP contribution in [0.25, 0.3) is 0 Å². The van der Waals surface area contributed by atoms with Crippen molar-refractivity contribution in [2.24, 2.45) is 0 Å². The number of nitrogens with zero attached hydrogens (tertiary/aromatic N) is 2. The molecule has 1 atom stereocenters. The maximum Gasteiger partial charge on any atom is 0.328 e. The van der Waals surface area contributed by atoms with Crippen LogP contribution in [0.2, 0.25) is 0 Å². The molecule has 0 aliphatic carbocycles. The predicted molar refractivity (Wildman–Crippen MR) is 70.3 cm³/mol. The summed E-state index contributed by atoms with van der Waals surface area (Å²) in [4.78, 5) is 11.9. The topological polar surface area (TPSA) is 47.2 Å². The number of rotatable bonds is 5. The Hall–Kier alpha value is -1.95. The number of hydrogen-bond acceptors (Lipinski definition) is 2. The second-order valence-electron chi connectivity index (χ2n) is 4.59. The number of aliphatic hydroxyl groups excluding tert-OH is 1. The van der Waals surface area contributed by atoms with Gasteiger partial charge in [-0.1, -0.05) is 19.1 Å². The summed E-state index contributed by atoms with van der Waals surface area (Å²) in [7, 11) is 0. The highest BCUT2D eigenvalue weighted by Gasteiger charge is 2.17. The molecule has 1 aromatic heterocycles. The Morgan fingerprint density at radius 1 is 1.25 bits per heavy atom. The van der Waals surface area contributed by atoms with Crippen LogP contribution in [0, 0.1) is 11.6 Å². The summed E-state index contributed by atoms with van der Waals surface area (Å²) in [5, 5.41) is 9.97. The quantitative estimate of drug-likeness (QED) is 0.912. The maximum atomic E-state index is 13.6. The van der Waals surface area contributed by atoms with Gasteiger partial charge in [-0.3, -0.25) is 9.13 Å². The van der Waals surface area contributed by atoms with Crippen LogP contribution in [0.4, 0.5) is 8.78 Å². The molecular formula is C14H16F2N2O2. The van der Waals surface area contributed by atoms with Crippen molar-refractivity contribution < 1.29 is 13.9 Å². The van der Waals surface area contributed by atoms with Gasteiger partial charge in [-0.2, -0.15) is 0 Å². The Kier molecular flexibility index (Phi) is 4.34. The van der Waals surface area contributed by atoms with Crippen molar-refractivity contribution >= 4 is 0 Å². The number of aliphatic hydroxyl groups is 1. The van der Waals surface area contributed by atoms with Crippen LogP contribution in [0.1, 0.15) is 25.0 Å². The first-order valence-electron chi connectivity index (χ1n) is 6.42. The van der Waals surface area contributed by atoms with Crippen molar-refractivity contribution in [2.45, 2.75) is 32.5 Å². The Labute approximate surface area is 114 Å². The lowest BCUT2D eigenvalue weighted by molar-refractivity contribution is 0.149. The minimum atomic E-state index is -1.28. The van der Waals surface area contributed by atoms with Crippen molar-refractivity contribution in [1.82, 2.24) is 9.13 Å². The molecule has 1 aromatic carbocycles. The molecule has 0 radical (unpaired) electrons. The van der Waals surface area contributed by atoms with E-state index in [0.717, 1.165) is 12.5 Å². The van der Waals surface area contributed by atoms with Gasteiger partial charge in [0.1, 0.15) is 0 Å². The van der Waals surface area contributed by atoms with Crippen LogP contribution >= 0.6 is 0 Å². The maximum absolute atomic E-state index is 13.6. The Bertz CT molecular complexity index is 649. The van der Waals surface area contributed by atoms with Crippen molar-refractivity contribution in [3.05, 3.63) is 58.3 Å². The third-order valence-corrected chi connectivity index (χ3v) is 3.09. The first-order valence-corrected chi connectivity index (χ1v) is 6.42. The van der Waals surface area contributed by atoms with Crippen LogP contribution in [0.15, 0.2) is 35.4 Å². The number of benzene rings is 1. The summed E-state index contributed by atoms with van der Waals surface area (Å²) < 4.78 is 29.4. The highest BCUT2D eigenvalue weighted by Crippen LogP contribution is 2.20. The normalized spacial score (nSPS) is 12.6. The van der Waals surface area contributed by atoms with Crippen molar-refractivity contribution in [3.8, 4) is 0 Å². The molecular weight excluding hydrogens is 266 g/mol. The van der Waals surface area contributed by atoms with Crippen LogP contribution in [-0.2, 0) is 13.1 Å². The second kappa shape index (κ2) is 6.00. The molecule has 6 heteroatoms. The monoisotopic (exact) mass is 282 g/mol. The van der Waals surface area contributed by atoms with E-state index < -0.39 is 17.7 Å². The molecule has 0 aliphatic heterocycles.